The topological polar surface area (TPSA) is 49.9 Å². The Morgan fingerprint density at radius 3 is 2.16 bits per heavy atom. The maximum atomic E-state index is 12.5. The maximum Gasteiger partial charge on any atom is 0.233 e. The van der Waals surface area contributed by atoms with E-state index in [1.54, 1.807) is 6.08 Å². The van der Waals surface area contributed by atoms with Gasteiger partial charge in [0.05, 0.1) is 24.0 Å². The van der Waals surface area contributed by atoms with Crippen LogP contribution in [0.15, 0.2) is 12.7 Å². The van der Waals surface area contributed by atoms with Gasteiger partial charge in [-0.3, -0.25) is 14.5 Å². The van der Waals surface area contributed by atoms with Crippen molar-refractivity contribution in [1.29, 1.82) is 0 Å². The Morgan fingerprint density at radius 2 is 1.74 bits per heavy atom. The van der Waals surface area contributed by atoms with Gasteiger partial charge in [0.2, 0.25) is 11.8 Å². The number of hydrogen-bond acceptors (Lipinski definition) is 3. The van der Waals surface area contributed by atoms with E-state index in [4.69, 9.17) is 4.74 Å². The van der Waals surface area contributed by atoms with Gasteiger partial charge in [0.1, 0.15) is 0 Å². The van der Waals surface area contributed by atoms with Crippen molar-refractivity contribution in [2.75, 3.05) is 6.54 Å². The molecule has 19 heavy (non-hydrogen) atoms. The molecule has 0 aromatic heterocycles. The van der Waals surface area contributed by atoms with Gasteiger partial charge in [-0.05, 0) is 11.8 Å². The third-order valence-electron chi connectivity index (χ3n) is 5.61. The first-order valence-corrected chi connectivity index (χ1v) is 7.19. The molecule has 2 amide bonds. The monoisotopic (exact) mass is 261 g/mol. The van der Waals surface area contributed by atoms with Crippen molar-refractivity contribution in [3.05, 3.63) is 12.7 Å². The number of imide groups is 1. The average molecular weight is 261 g/mol. The molecule has 4 nitrogen and oxygen atoms in total. The van der Waals surface area contributed by atoms with E-state index in [1.165, 1.54) is 4.90 Å². The van der Waals surface area contributed by atoms with Crippen LogP contribution < -0.4 is 0 Å². The number of ether oxygens (including phenoxy) is 1. The number of hydrogen-bond donors (Lipinski definition) is 0. The van der Waals surface area contributed by atoms with E-state index in [1.807, 2.05) is 0 Å². The van der Waals surface area contributed by atoms with Gasteiger partial charge < -0.3 is 4.74 Å². The highest BCUT2D eigenvalue weighted by Gasteiger charge is 2.77. The molecule has 0 aromatic rings. The van der Waals surface area contributed by atoms with Crippen LogP contribution in [0.5, 0.6) is 0 Å². The van der Waals surface area contributed by atoms with Gasteiger partial charge in [-0.25, -0.2) is 0 Å². The fourth-order valence-corrected chi connectivity index (χ4v) is 5.12. The molecule has 0 aromatic carbocycles. The predicted molar refractivity (Wildman–Crippen MR) is 67.9 cm³/mol. The van der Waals surface area contributed by atoms with Gasteiger partial charge in [-0.15, -0.1) is 6.58 Å². The van der Waals surface area contributed by atoms with Crippen LogP contribution in [0.4, 0.5) is 0 Å². The molecule has 2 bridgehead atoms. The van der Waals surface area contributed by atoms with E-state index in [9.17, 15) is 9.59 Å². The molecule has 4 rings (SSSR count). The lowest BCUT2D eigenvalue weighted by Gasteiger charge is -2.26. The van der Waals surface area contributed by atoms with Gasteiger partial charge in [-0.1, -0.05) is 19.9 Å². The zero-order valence-corrected chi connectivity index (χ0v) is 11.3. The van der Waals surface area contributed by atoms with Crippen LogP contribution in [0.1, 0.15) is 13.8 Å². The summed E-state index contributed by atoms with van der Waals surface area (Å²) in [7, 11) is 0. The third-order valence-corrected chi connectivity index (χ3v) is 5.61. The van der Waals surface area contributed by atoms with Crippen molar-refractivity contribution in [2.24, 2.45) is 35.5 Å². The van der Waals surface area contributed by atoms with Gasteiger partial charge in [-0.2, -0.15) is 0 Å². The van der Waals surface area contributed by atoms with E-state index in [0.717, 1.165) is 0 Å². The van der Waals surface area contributed by atoms with Crippen LogP contribution in [0.3, 0.4) is 0 Å². The Kier molecular flexibility index (Phi) is 2.13. The predicted octanol–water partition coefficient (Wildman–Crippen LogP) is 1.07. The number of fused-ring (bicyclic) bond motifs is 8. The number of rotatable bonds is 3. The first-order valence-electron chi connectivity index (χ1n) is 7.19. The van der Waals surface area contributed by atoms with E-state index < -0.39 is 0 Å². The van der Waals surface area contributed by atoms with Crippen LogP contribution >= 0.6 is 0 Å². The van der Waals surface area contributed by atoms with Crippen molar-refractivity contribution in [2.45, 2.75) is 26.1 Å². The molecule has 0 spiro atoms. The molecule has 6 atom stereocenters. The Morgan fingerprint density at radius 1 is 1.21 bits per heavy atom. The first-order chi connectivity index (χ1) is 9.07. The number of carbonyl (C=O) groups is 2. The molecule has 2 heterocycles. The Hall–Kier alpha value is -1.16. The highest BCUT2D eigenvalue weighted by atomic mass is 16.6. The summed E-state index contributed by atoms with van der Waals surface area (Å²) >= 11 is 0. The smallest absolute Gasteiger partial charge is 0.233 e. The fourth-order valence-electron chi connectivity index (χ4n) is 5.12. The summed E-state index contributed by atoms with van der Waals surface area (Å²) in [5.74, 6) is 1.34. The minimum absolute atomic E-state index is 0.0157. The second-order valence-electron chi connectivity index (χ2n) is 6.67. The Bertz CT molecular complexity index is 452. The van der Waals surface area contributed by atoms with Crippen LogP contribution in [-0.2, 0) is 14.3 Å². The highest BCUT2D eigenvalue weighted by Crippen LogP contribution is 2.68. The van der Waals surface area contributed by atoms with E-state index in [0.29, 0.717) is 18.4 Å². The molecule has 2 saturated carbocycles. The van der Waals surface area contributed by atoms with Gasteiger partial charge >= 0.3 is 0 Å². The van der Waals surface area contributed by atoms with Crippen molar-refractivity contribution < 1.29 is 14.3 Å². The minimum Gasteiger partial charge on any atom is -0.369 e. The molecular formula is C15H19NO3. The van der Waals surface area contributed by atoms with Crippen LogP contribution in [0.2, 0.25) is 0 Å². The lowest BCUT2D eigenvalue weighted by atomic mass is 9.81. The van der Waals surface area contributed by atoms with Crippen molar-refractivity contribution in [3.63, 3.8) is 0 Å². The quantitative estimate of drug-likeness (QED) is 0.434. The molecule has 4 aliphatic rings. The van der Waals surface area contributed by atoms with Gasteiger partial charge in [0, 0.05) is 18.4 Å². The first kappa shape index (κ1) is 11.6. The second kappa shape index (κ2) is 3.48. The van der Waals surface area contributed by atoms with Crippen molar-refractivity contribution in [1.82, 2.24) is 4.90 Å². The summed E-state index contributed by atoms with van der Waals surface area (Å²) in [6, 6.07) is 0. The van der Waals surface area contributed by atoms with Crippen LogP contribution in [0, 0.1) is 35.5 Å². The number of nitrogens with zero attached hydrogens (tertiary/aromatic N) is 1. The number of carbonyl (C=O) groups excluding carboxylic acids is 2. The number of amides is 2. The number of likely N-dealkylation sites (tertiary alicyclic amines) is 1. The molecule has 4 fully saturated rings. The molecule has 0 N–H and O–H groups in total. The molecule has 2 saturated heterocycles. The summed E-state index contributed by atoms with van der Waals surface area (Å²) < 4.78 is 5.71. The molecule has 4 heteroatoms. The Balaban J connectivity index is 1.73. The highest BCUT2D eigenvalue weighted by molar-refractivity contribution is 6.06. The summed E-state index contributed by atoms with van der Waals surface area (Å²) in [6.45, 7) is 8.39. The second-order valence-corrected chi connectivity index (χ2v) is 6.67. The molecule has 102 valence electrons. The summed E-state index contributed by atoms with van der Waals surface area (Å²) in [5, 5.41) is 0. The van der Waals surface area contributed by atoms with Gasteiger partial charge in [0.15, 0.2) is 0 Å². The van der Waals surface area contributed by atoms with Crippen molar-refractivity contribution >= 4 is 11.8 Å². The largest absolute Gasteiger partial charge is 0.369 e. The molecule has 0 radical (unpaired) electrons. The lowest BCUT2D eigenvalue weighted by molar-refractivity contribution is -0.141. The fraction of sp³-hybridized carbons (Fsp3) is 0.733. The molecule has 2 aliphatic heterocycles. The zero-order chi connectivity index (χ0) is 13.5. The minimum atomic E-state index is -0.117. The molecule has 2 aliphatic carbocycles. The lowest BCUT2D eigenvalue weighted by Crippen LogP contribution is -2.36. The normalized spacial score (nSPS) is 49.8. The van der Waals surface area contributed by atoms with Crippen LogP contribution in [0.25, 0.3) is 0 Å². The summed E-state index contributed by atoms with van der Waals surface area (Å²) in [6.07, 6.45) is 2.13. The SMILES string of the molecule is C=CCN1C(=O)C2C(C1=O)C1C3OC3C2C1C(C)C. The van der Waals surface area contributed by atoms with Gasteiger partial charge in [0.25, 0.3) is 0 Å². The standard InChI is InChI=1S/C15H19NO3/c1-4-5-16-14(17)10-8-7(6(2)3)9(11(10)15(16)18)13-12(8)19-13/h4,6-13H,1,5H2,2-3H3. The summed E-state index contributed by atoms with van der Waals surface area (Å²) in [4.78, 5) is 26.4. The third kappa shape index (κ3) is 1.19. The van der Waals surface area contributed by atoms with Crippen LogP contribution in [-0.4, -0.2) is 35.5 Å². The average Bonchev–Trinajstić information content (AvgIpc) is 2.94. The van der Waals surface area contributed by atoms with E-state index in [2.05, 4.69) is 20.4 Å². The number of epoxide rings is 1. The van der Waals surface area contributed by atoms with E-state index >= 15 is 0 Å². The Labute approximate surface area is 112 Å². The molecular weight excluding hydrogens is 242 g/mol. The maximum absolute atomic E-state index is 12.5. The van der Waals surface area contributed by atoms with Crippen molar-refractivity contribution in [3.8, 4) is 0 Å². The molecule has 6 unspecified atom stereocenters. The zero-order valence-electron chi connectivity index (χ0n) is 11.3. The van der Waals surface area contributed by atoms with E-state index in [-0.39, 0.29) is 47.7 Å². The summed E-state index contributed by atoms with van der Waals surface area (Å²) in [5.41, 5.74) is 0.